The number of hydrogen-bond donors (Lipinski definition) is 3. The third kappa shape index (κ3) is 5.21. The van der Waals surface area contributed by atoms with Crippen molar-refractivity contribution < 1.29 is 24.5 Å². The molecule has 3 heterocycles. The summed E-state index contributed by atoms with van der Waals surface area (Å²) in [5.41, 5.74) is 6.70. The Morgan fingerprint density at radius 2 is 1.33 bits per heavy atom. The van der Waals surface area contributed by atoms with Gasteiger partial charge in [0.25, 0.3) is 5.72 Å². The highest BCUT2D eigenvalue weighted by atomic mass is 16.5. The molecule has 8 aromatic rings. The van der Waals surface area contributed by atoms with E-state index < -0.39 is 17.2 Å². The quantitative estimate of drug-likeness (QED) is 0.144. The third-order valence-electron chi connectivity index (χ3n) is 10.6. The van der Waals surface area contributed by atoms with E-state index in [9.17, 15) is 15.0 Å². The number of ketones is 1. The summed E-state index contributed by atoms with van der Waals surface area (Å²) >= 11 is 0. The molecule has 6 aromatic carbocycles. The second-order valence-electron chi connectivity index (χ2n) is 13.9. The molecular formula is C48H32N4O5. The smallest absolute Gasteiger partial charge is 0.270 e. The summed E-state index contributed by atoms with van der Waals surface area (Å²) in [6.45, 7) is 0. The van der Waals surface area contributed by atoms with Crippen molar-refractivity contribution >= 4 is 38.5 Å². The van der Waals surface area contributed by atoms with E-state index in [1.807, 2.05) is 115 Å². The number of carbonyl (C=O) groups is 1. The van der Waals surface area contributed by atoms with Crippen LogP contribution in [0.1, 0.15) is 28.1 Å². The van der Waals surface area contributed by atoms with Crippen molar-refractivity contribution in [1.82, 2.24) is 9.97 Å². The zero-order chi connectivity index (χ0) is 38.7. The molecule has 1 aliphatic heterocycles. The first-order chi connectivity index (χ1) is 27.9. The molecule has 274 valence electrons. The number of nitrogens with two attached hydrogens (primary N) is 1. The summed E-state index contributed by atoms with van der Waals surface area (Å²) in [6, 6.07) is 47.9. The third-order valence-corrected chi connectivity index (χ3v) is 10.6. The lowest BCUT2D eigenvalue weighted by Crippen LogP contribution is -2.44. The monoisotopic (exact) mass is 744 g/mol. The number of phenolic OH excluding ortho intramolecular Hbond substituents is 1. The molecule has 2 atom stereocenters. The lowest BCUT2D eigenvalue weighted by molar-refractivity contribution is -0.110. The molecule has 0 fully saturated rings. The summed E-state index contributed by atoms with van der Waals surface area (Å²) in [5, 5.41) is 27.3. The molecular weight excluding hydrogens is 713 g/mol. The molecule has 0 radical (unpaired) electrons. The minimum atomic E-state index is -1.54. The van der Waals surface area contributed by atoms with E-state index in [0.717, 1.165) is 10.9 Å². The molecule has 2 aliphatic rings. The molecule has 0 saturated carbocycles. The first-order valence-corrected chi connectivity index (χ1v) is 18.4. The van der Waals surface area contributed by atoms with E-state index in [4.69, 9.17) is 20.2 Å². The molecule has 2 aromatic heterocycles. The van der Waals surface area contributed by atoms with Crippen LogP contribution in [-0.2, 0) is 16.2 Å². The number of fused-ring (bicyclic) bond motifs is 1. The Balaban J connectivity index is 1.17. The molecule has 0 saturated heterocycles. The van der Waals surface area contributed by atoms with Gasteiger partial charge in [-0.1, -0.05) is 115 Å². The average molecular weight is 745 g/mol. The fraction of sp³-hybridized carbons (Fsp3) is 0.0417. The van der Waals surface area contributed by atoms with Crippen molar-refractivity contribution in [3.8, 4) is 17.2 Å². The van der Waals surface area contributed by atoms with Gasteiger partial charge in [-0.05, 0) is 53.2 Å². The fourth-order valence-electron chi connectivity index (χ4n) is 7.89. The molecule has 2 unspecified atom stereocenters. The minimum Gasteiger partial charge on any atom is -0.507 e. The van der Waals surface area contributed by atoms with Gasteiger partial charge in [-0.2, -0.15) is 0 Å². The highest BCUT2D eigenvalue weighted by molar-refractivity contribution is 6.52. The number of allylic oxidation sites excluding steroid dienone is 2. The van der Waals surface area contributed by atoms with Crippen LogP contribution in [0.15, 0.2) is 181 Å². The number of phenols is 1. The summed E-state index contributed by atoms with van der Waals surface area (Å²) < 4.78 is 13.4. The second-order valence-corrected chi connectivity index (χ2v) is 13.9. The first-order valence-electron chi connectivity index (χ1n) is 18.4. The zero-order valence-electron chi connectivity index (χ0n) is 30.2. The predicted molar refractivity (Wildman–Crippen MR) is 217 cm³/mol. The number of rotatable bonds is 7. The van der Waals surface area contributed by atoms with Crippen LogP contribution in [0.5, 0.6) is 17.2 Å². The molecule has 4 N–H and O–H groups in total. The summed E-state index contributed by atoms with van der Waals surface area (Å²) in [6.07, 6.45) is 3.32. The normalized spacial score (nSPS) is 18.0. The Morgan fingerprint density at radius 1 is 0.649 bits per heavy atom. The van der Waals surface area contributed by atoms with E-state index in [1.54, 1.807) is 54.9 Å². The molecule has 9 heteroatoms. The largest absolute Gasteiger partial charge is 0.507 e. The van der Waals surface area contributed by atoms with Gasteiger partial charge < -0.3 is 19.7 Å². The van der Waals surface area contributed by atoms with Crippen molar-refractivity contribution in [2.24, 2.45) is 10.7 Å². The average Bonchev–Trinajstić information content (AvgIpc) is 3.26. The minimum absolute atomic E-state index is 0.0299. The maximum Gasteiger partial charge on any atom is 0.270 e. The molecule has 0 spiro atoms. The van der Waals surface area contributed by atoms with E-state index >= 15 is 0 Å². The molecule has 10 rings (SSSR count). The van der Waals surface area contributed by atoms with Gasteiger partial charge in [0.1, 0.15) is 34.4 Å². The van der Waals surface area contributed by atoms with E-state index in [1.165, 1.54) is 0 Å². The number of carbonyl (C=O) groups excluding carboxylic acids is 1. The lowest BCUT2D eigenvalue weighted by atomic mass is 9.80. The van der Waals surface area contributed by atoms with Crippen LogP contribution in [0.25, 0.3) is 32.7 Å². The number of aliphatic hydroxyl groups excluding tert-OH is 1. The van der Waals surface area contributed by atoms with Gasteiger partial charge in [0.15, 0.2) is 0 Å². The summed E-state index contributed by atoms with van der Waals surface area (Å²) in [7, 11) is 0. The number of aromatic hydroxyl groups is 1. The Bertz CT molecular complexity index is 2990. The Morgan fingerprint density at radius 3 is 2.05 bits per heavy atom. The van der Waals surface area contributed by atoms with Crippen molar-refractivity contribution in [3.05, 3.63) is 215 Å². The number of Topliss-reactive ketones (excluding diaryl/α,β-unsaturated/α-hetero) is 1. The number of nitrogens with zero attached hydrogens (tertiary/aromatic N) is 3. The van der Waals surface area contributed by atoms with Gasteiger partial charge in [-0.25, -0.2) is 4.99 Å². The lowest BCUT2D eigenvalue weighted by Gasteiger charge is -2.34. The Kier molecular flexibility index (Phi) is 7.74. The first kappa shape index (κ1) is 33.9. The fourth-order valence-corrected chi connectivity index (χ4v) is 7.89. The van der Waals surface area contributed by atoms with Crippen LogP contribution >= 0.6 is 0 Å². The van der Waals surface area contributed by atoms with Gasteiger partial charge in [0.2, 0.25) is 11.5 Å². The van der Waals surface area contributed by atoms with Crippen LogP contribution in [0.2, 0.25) is 0 Å². The number of benzene rings is 6. The van der Waals surface area contributed by atoms with Gasteiger partial charge in [-0.3, -0.25) is 20.5 Å². The maximum absolute atomic E-state index is 14.4. The molecule has 57 heavy (non-hydrogen) atoms. The van der Waals surface area contributed by atoms with Crippen LogP contribution in [0.3, 0.4) is 0 Å². The maximum atomic E-state index is 14.4. The standard InChI is InChI=1S/C48H32N4O5/c49-47(31-15-3-1-4-16-31,37-21-7-9-27-50-37)56-36-20-12-14-30-24-26-34(44(53)40(30)36)42-45(54)41(46(42)55)33-25-23-29-13-11-19-35-39(29)43(33)52-48(57-35,32-17-5-2-6-18-32)38-22-8-10-28-51-38/h1-28,53-54H,49H2. The number of aromatic nitrogens is 2. The molecule has 1 aliphatic carbocycles. The van der Waals surface area contributed by atoms with Crippen LogP contribution in [-0.4, -0.2) is 26.0 Å². The van der Waals surface area contributed by atoms with Crippen molar-refractivity contribution in [3.63, 3.8) is 0 Å². The van der Waals surface area contributed by atoms with E-state index in [-0.39, 0.29) is 34.0 Å². The number of ether oxygens (including phenoxy) is 2. The Hall–Kier alpha value is -7.62. The van der Waals surface area contributed by atoms with Gasteiger partial charge in [0, 0.05) is 39.7 Å². The predicted octanol–water partition coefficient (Wildman–Crippen LogP) is 7.34. The highest BCUT2D eigenvalue weighted by Crippen LogP contribution is 2.46. The number of pyridine rings is 2. The van der Waals surface area contributed by atoms with Crippen molar-refractivity contribution in [2.75, 3.05) is 0 Å². The zero-order valence-corrected chi connectivity index (χ0v) is 30.2. The van der Waals surface area contributed by atoms with Gasteiger partial charge >= 0.3 is 0 Å². The van der Waals surface area contributed by atoms with Crippen molar-refractivity contribution in [2.45, 2.75) is 11.4 Å². The molecule has 0 amide bonds. The highest BCUT2D eigenvalue weighted by Gasteiger charge is 2.43. The van der Waals surface area contributed by atoms with Crippen LogP contribution in [0, 0.1) is 0 Å². The van der Waals surface area contributed by atoms with Crippen molar-refractivity contribution in [1.29, 1.82) is 0 Å². The SMILES string of the molecule is NC(Oc1cccc2ccc(C3=C(O)C(=c4ccc5cccc6c5c4=NC(c4ccccc4)(c4ccccn4)O6)C3=O)c(O)c12)(c1ccccc1)c1ccccn1. The Labute approximate surface area is 326 Å². The van der Waals surface area contributed by atoms with Crippen LogP contribution in [0.4, 0.5) is 0 Å². The topological polar surface area (TPSA) is 140 Å². The number of aliphatic hydroxyl groups is 1. The van der Waals surface area contributed by atoms with Gasteiger partial charge in [-0.15, -0.1) is 0 Å². The van der Waals surface area contributed by atoms with Crippen LogP contribution < -0.4 is 25.8 Å². The van der Waals surface area contributed by atoms with E-state index in [0.29, 0.717) is 49.4 Å². The van der Waals surface area contributed by atoms with Gasteiger partial charge in [0.05, 0.1) is 21.9 Å². The van der Waals surface area contributed by atoms with E-state index in [2.05, 4.69) is 9.97 Å². The summed E-state index contributed by atoms with van der Waals surface area (Å²) in [5.74, 6) is -0.146. The molecule has 9 nitrogen and oxygen atoms in total. The second kappa shape index (κ2) is 13.0. The summed E-state index contributed by atoms with van der Waals surface area (Å²) in [4.78, 5) is 28.9. The molecule has 0 bridgehead atoms. The number of hydrogen-bond acceptors (Lipinski definition) is 9.